The minimum Gasteiger partial charge on any atom is -0.394 e. The summed E-state index contributed by atoms with van der Waals surface area (Å²) in [6.07, 6.45) is 0. The molecule has 1 atom stereocenters. The molecule has 0 bridgehead atoms. The number of methoxy groups -OCH3 is 1. The molecule has 2 nitrogen and oxygen atoms in total. The Morgan fingerprint density at radius 2 is 2.17 bits per heavy atom. The van der Waals surface area contributed by atoms with Gasteiger partial charge in [0.2, 0.25) is 0 Å². The zero-order valence-electron chi connectivity index (χ0n) is 3.98. The second-order valence-electron chi connectivity index (χ2n) is 0.716. The molecule has 0 aliphatic rings. The van der Waals surface area contributed by atoms with Crippen molar-refractivity contribution < 1.29 is 9.84 Å². The minimum atomic E-state index is 0. The molecule has 0 radical (unpaired) electrons. The van der Waals surface area contributed by atoms with E-state index in [1.807, 2.05) is 0 Å². The molecule has 0 rings (SSSR count). The lowest BCUT2D eigenvalue weighted by Gasteiger charge is -1.84. The third-order valence-electron chi connectivity index (χ3n) is 0.295. The highest BCUT2D eigenvalue weighted by molar-refractivity contribution is 6.92. The molecular weight excluding hydrogens is 99.0 g/mol. The highest BCUT2D eigenvalue weighted by atomic mass is 31.0. The van der Waals surface area contributed by atoms with Gasteiger partial charge in [-0.05, 0) is 0 Å². The van der Waals surface area contributed by atoms with Crippen molar-refractivity contribution in [1.29, 1.82) is 0 Å². The monoisotopic (exact) mass is 110 g/mol. The van der Waals surface area contributed by atoms with E-state index in [0.29, 0.717) is 6.61 Å². The molecule has 40 valence electrons. The molecule has 0 amide bonds. The Balaban J connectivity index is 0. The van der Waals surface area contributed by atoms with Crippen LogP contribution in [0.2, 0.25) is 0 Å². The SMILES string of the molecule is COCCO.P. The van der Waals surface area contributed by atoms with Gasteiger partial charge in [-0.1, -0.05) is 0 Å². The molecule has 0 aliphatic carbocycles. The lowest BCUT2D eigenvalue weighted by atomic mass is 10.8. The summed E-state index contributed by atoms with van der Waals surface area (Å²) >= 11 is 0. The Hall–Kier alpha value is 0.350. The number of aliphatic hydroxyl groups excluding tert-OH is 1. The maximum absolute atomic E-state index is 7.94. The van der Waals surface area contributed by atoms with Crippen LogP contribution < -0.4 is 0 Å². The summed E-state index contributed by atoms with van der Waals surface area (Å²) in [6, 6.07) is 0. The Bertz CT molecular complexity index is 16.3. The summed E-state index contributed by atoms with van der Waals surface area (Å²) in [7, 11) is 1.55. The second-order valence-corrected chi connectivity index (χ2v) is 0.716. The van der Waals surface area contributed by atoms with Gasteiger partial charge in [0.25, 0.3) is 0 Å². The highest BCUT2D eigenvalue weighted by Crippen LogP contribution is 1.56. The van der Waals surface area contributed by atoms with Crippen LogP contribution >= 0.6 is 9.90 Å². The maximum Gasteiger partial charge on any atom is 0.0693 e. The smallest absolute Gasteiger partial charge is 0.0693 e. The normalized spacial score (nSPS) is 7.00. The van der Waals surface area contributed by atoms with Crippen molar-refractivity contribution in [3.05, 3.63) is 0 Å². The zero-order chi connectivity index (χ0) is 4.12. The van der Waals surface area contributed by atoms with Gasteiger partial charge in [0.15, 0.2) is 0 Å². The predicted molar refractivity (Wildman–Crippen MR) is 30.1 cm³/mol. The van der Waals surface area contributed by atoms with E-state index in [0.717, 1.165) is 0 Å². The maximum atomic E-state index is 7.94. The Labute approximate surface area is 41.1 Å². The number of rotatable bonds is 2. The molecule has 0 aromatic carbocycles. The quantitative estimate of drug-likeness (QED) is 0.494. The lowest BCUT2D eigenvalue weighted by molar-refractivity contribution is 0.135. The van der Waals surface area contributed by atoms with Gasteiger partial charge in [-0.25, -0.2) is 0 Å². The predicted octanol–water partition coefficient (Wildman–Crippen LogP) is -0.317. The largest absolute Gasteiger partial charge is 0.394 e. The van der Waals surface area contributed by atoms with Crippen molar-refractivity contribution in [1.82, 2.24) is 0 Å². The molecular formula is C3H11O2P. The number of hydrogen-bond donors (Lipinski definition) is 1. The summed E-state index contributed by atoms with van der Waals surface area (Å²) in [5, 5.41) is 7.94. The summed E-state index contributed by atoms with van der Waals surface area (Å²) in [5.74, 6) is 0. The standard InChI is InChI=1S/C3H8O2.H3P/c1-5-3-2-4;/h4H,2-3H2,1H3;1H3. The van der Waals surface area contributed by atoms with Gasteiger partial charge >= 0.3 is 0 Å². The number of hydrogen-bond acceptors (Lipinski definition) is 2. The highest BCUT2D eigenvalue weighted by Gasteiger charge is 1.67. The third kappa shape index (κ3) is 8.84. The first-order chi connectivity index (χ1) is 2.41. The first-order valence-corrected chi connectivity index (χ1v) is 1.51. The molecule has 0 aromatic rings. The molecule has 6 heavy (non-hydrogen) atoms. The summed E-state index contributed by atoms with van der Waals surface area (Å²) in [4.78, 5) is 0. The van der Waals surface area contributed by atoms with E-state index in [9.17, 15) is 0 Å². The van der Waals surface area contributed by atoms with Crippen LogP contribution in [-0.4, -0.2) is 25.4 Å². The third-order valence-corrected chi connectivity index (χ3v) is 0.295. The molecule has 0 aliphatic heterocycles. The van der Waals surface area contributed by atoms with Crippen LogP contribution in [0, 0.1) is 0 Å². The van der Waals surface area contributed by atoms with Gasteiger partial charge in [0.05, 0.1) is 13.2 Å². The summed E-state index contributed by atoms with van der Waals surface area (Å²) < 4.78 is 4.44. The average Bonchev–Trinajstić information content (AvgIpc) is 1.41. The second kappa shape index (κ2) is 9.02. The minimum absolute atomic E-state index is 0. The summed E-state index contributed by atoms with van der Waals surface area (Å²) in [5.41, 5.74) is 0. The lowest BCUT2D eigenvalue weighted by Crippen LogP contribution is -1.91. The molecule has 0 saturated carbocycles. The fourth-order valence-electron chi connectivity index (χ4n) is 0.0913. The summed E-state index contributed by atoms with van der Waals surface area (Å²) in [6.45, 7) is 0.566. The van der Waals surface area contributed by atoms with E-state index in [2.05, 4.69) is 4.74 Å². The van der Waals surface area contributed by atoms with Crippen molar-refractivity contribution in [3.63, 3.8) is 0 Å². The Kier molecular flexibility index (Phi) is 14.4. The van der Waals surface area contributed by atoms with Crippen LogP contribution in [0.5, 0.6) is 0 Å². The van der Waals surface area contributed by atoms with Crippen LogP contribution in [0.1, 0.15) is 0 Å². The van der Waals surface area contributed by atoms with E-state index in [1.54, 1.807) is 7.11 Å². The van der Waals surface area contributed by atoms with Gasteiger partial charge < -0.3 is 9.84 Å². The van der Waals surface area contributed by atoms with Gasteiger partial charge in [-0.15, -0.1) is 0 Å². The van der Waals surface area contributed by atoms with Crippen molar-refractivity contribution in [2.24, 2.45) is 0 Å². The number of ether oxygens (including phenoxy) is 1. The topological polar surface area (TPSA) is 29.5 Å². The van der Waals surface area contributed by atoms with Gasteiger partial charge in [0.1, 0.15) is 0 Å². The molecule has 3 heteroatoms. The van der Waals surface area contributed by atoms with Crippen LogP contribution in [-0.2, 0) is 4.74 Å². The van der Waals surface area contributed by atoms with E-state index < -0.39 is 0 Å². The molecule has 0 fully saturated rings. The molecule has 0 saturated heterocycles. The molecule has 1 unspecified atom stereocenters. The average molecular weight is 110 g/mol. The van der Waals surface area contributed by atoms with Crippen LogP contribution in [0.15, 0.2) is 0 Å². The van der Waals surface area contributed by atoms with E-state index in [4.69, 9.17) is 5.11 Å². The van der Waals surface area contributed by atoms with Gasteiger partial charge in [-0.3, -0.25) is 0 Å². The molecule has 0 heterocycles. The molecule has 1 N–H and O–H groups in total. The van der Waals surface area contributed by atoms with Crippen LogP contribution in [0.25, 0.3) is 0 Å². The van der Waals surface area contributed by atoms with Crippen LogP contribution in [0.3, 0.4) is 0 Å². The Morgan fingerprint density at radius 1 is 1.67 bits per heavy atom. The molecule has 0 aromatic heterocycles. The van der Waals surface area contributed by atoms with E-state index in [1.165, 1.54) is 0 Å². The molecule has 0 spiro atoms. The Morgan fingerprint density at radius 3 is 2.17 bits per heavy atom. The first kappa shape index (κ1) is 9.61. The van der Waals surface area contributed by atoms with Gasteiger partial charge in [0, 0.05) is 7.11 Å². The zero-order valence-corrected chi connectivity index (χ0v) is 5.39. The van der Waals surface area contributed by atoms with Crippen molar-refractivity contribution in [3.8, 4) is 0 Å². The van der Waals surface area contributed by atoms with Crippen LogP contribution in [0.4, 0.5) is 0 Å². The van der Waals surface area contributed by atoms with Crippen molar-refractivity contribution in [2.75, 3.05) is 20.3 Å². The fourth-order valence-corrected chi connectivity index (χ4v) is 0.0913. The van der Waals surface area contributed by atoms with E-state index >= 15 is 0 Å². The fraction of sp³-hybridized carbons (Fsp3) is 1.00. The van der Waals surface area contributed by atoms with E-state index in [-0.39, 0.29) is 16.5 Å². The van der Waals surface area contributed by atoms with Gasteiger partial charge in [-0.2, -0.15) is 9.90 Å². The first-order valence-electron chi connectivity index (χ1n) is 1.51. The number of aliphatic hydroxyl groups is 1. The van der Waals surface area contributed by atoms with Crippen molar-refractivity contribution >= 4 is 9.90 Å². The van der Waals surface area contributed by atoms with Crippen molar-refractivity contribution in [2.45, 2.75) is 0 Å².